The van der Waals surface area contributed by atoms with E-state index in [0.717, 1.165) is 23.7 Å². The Kier molecular flexibility index (Phi) is 4.86. The number of amides is 1. The first-order valence-corrected chi connectivity index (χ1v) is 7.97. The summed E-state index contributed by atoms with van der Waals surface area (Å²) in [6.45, 7) is 4.94. The van der Waals surface area contributed by atoms with E-state index >= 15 is 0 Å². The van der Waals surface area contributed by atoms with Crippen molar-refractivity contribution in [1.82, 2.24) is 5.32 Å². The number of halogens is 1. The molecule has 0 aliphatic heterocycles. The van der Waals surface area contributed by atoms with Gasteiger partial charge in [0.1, 0.15) is 0 Å². The highest BCUT2D eigenvalue weighted by molar-refractivity contribution is 9.10. The van der Waals surface area contributed by atoms with Crippen molar-refractivity contribution in [3.63, 3.8) is 0 Å². The molecular weight excluding hydrogens is 316 g/mol. The number of carbonyl (C=O) groups is 1. The molecule has 2 rings (SSSR count). The summed E-state index contributed by atoms with van der Waals surface area (Å²) in [5, 5.41) is 3.09. The number of rotatable bonds is 4. The van der Waals surface area contributed by atoms with Gasteiger partial charge in [-0.3, -0.25) is 4.79 Å². The smallest absolute Gasteiger partial charge is 0.223 e. The third-order valence-electron chi connectivity index (χ3n) is 4.15. The molecule has 1 aromatic carbocycles. The lowest BCUT2D eigenvalue weighted by molar-refractivity contribution is -0.125. The molecule has 20 heavy (non-hydrogen) atoms. The average Bonchev–Trinajstić information content (AvgIpc) is 2.83. The van der Waals surface area contributed by atoms with E-state index in [-0.39, 0.29) is 23.3 Å². The van der Waals surface area contributed by atoms with E-state index in [1.54, 1.807) is 0 Å². The van der Waals surface area contributed by atoms with Crippen LogP contribution in [-0.2, 0) is 10.2 Å². The Balaban J connectivity index is 1.93. The van der Waals surface area contributed by atoms with Crippen LogP contribution in [0.5, 0.6) is 0 Å². The number of nitrogens with two attached hydrogens (primary N) is 1. The van der Waals surface area contributed by atoms with Crippen molar-refractivity contribution in [3.8, 4) is 0 Å². The quantitative estimate of drug-likeness (QED) is 0.886. The molecule has 1 aliphatic rings. The van der Waals surface area contributed by atoms with Gasteiger partial charge in [-0.05, 0) is 37.0 Å². The summed E-state index contributed by atoms with van der Waals surface area (Å²) in [6, 6.07) is 8.45. The van der Waals surface area contributed by atoms with Crippen molar-refractivity contribution < 1.29 is 4.79 Å². The number of benzene rings is 1. The standard InChI is InChI=1S/C16H23BrN2O/c1-16(2,12-4-3-5-13(17)9-12)10-19-15(20)11-6-7-14(18)8-11/h3-5,9,11,14H,6-8,10,18H2,1-2H3,(H,19,20). The number of carbonyl (C=O) groups excluding carboxylic acids is 1. The van der Waals surface area contributed by atoms with Crippen LogP contribution in [-0.4, -0.2) is 18.5 Å². The van der Waals surface area contributed by atoms with Crippen LogP contribution < -0.4 is 11.1 Å². The van der Waals surface area contributed by atoms with E-state index in [1.807, 2.05) is 12.1 Å². The van der Waals surface area contributed by atoms with E-state index < -0.39 is 0 Å². The molecule has 1 saturated carbocycles. The molecule has 4 heteroatoms. The molecule has 1 amide bonds. The normalized spacial score (nSPS) is 22.8. The second kappa shape index (κ2) is 6.27. The number of nitrogens with one attached hydrogen (secondary N) is 1. The predicted octanol–water partition coefficient (Wildman–Crippen LogP) is 2.97. The predicted molar refractivity (Wildman–Crippen MR) is 85.5 cm³/mol. The molecule has 3 nitrogen and oxygen atoms in total. The molecule has 0 bridgehead atoms. The van der Waals surface area contributed by atoms with Crippen molar-refractivity contribution in [2.24, 2.45) is 11.7 Å². The molecule has 110 valence electrons. The van der Waals surface area contributed by atoms with Crippen LogP contribution in [0.25, 0.3) is 0 Å². The summed E-state index contributed by atoms with van der Waals surface area (Å²) in [7, 11) is 0. The van der Waals surface area contributed by atoms with Crippen LogP contribution in [0.3, 0.4) is 0 Å². The molecule has 1 aromatic rings. The lowest BCUT2D eigenvalue weighted by Gasteiger charge is -2.26. The van der Waals surface area contributed by atoms with Gasteiger partial charge in [-0.15, -0.1) is 0 Å². The largest absolute Gasteiger partial charge is 0.355 e. The van der Waals surface area contributed by atoms with Crippen molar-refractivity contribution in [1.29, 1.82) is 0 Å². The maximum atomic E-state index is 12.2. The second-order valence-electron chi connectivity index (χ2n) is 6.38. The van der Waals surface area contributed by atoms with Gasteiger partial charge in [-0.1, -0.05) is 41.9 Å². The van der Waals surface area contributed by atoms with Crippen LogP contribution in [0.15, 0.2) is 28.7 Å². The summed E-state index contributed by atoms with van der Waals surface area (Å²) < 4.78 is 1.07. The molecule has 0 radical (unpaired) electrons. The van der Waals surface area contributed by atoms with Gasteiger partial charge >= 0.3 is 0 Å². The van der Waals surface area contributed by atoms with Gasteiger partial charge in [-0.2, -0.15) is 0 Å². The fourth-order valence-electron chi connectivity index (χ4n) is 2.72. The highest BCUT2D eigenvalue weighted by atomic mass is 79.9. The summed E-state index contributed by atoms with van der Waals surface area (Å²) in [5.74, 6) is 0.254. The minimum atomic E-state index is -0.0832. The third kappa shape index (κ3) is 3.83. The summed E-state index contributed by atoms with van der Waals surface area (Å²) in [6.07, 6.45) is 2.71. The lowest BCUT2D eigenvalue weighted by atomic mass is 9.84. The SMILES string of the molecule is CC(C)(CNC(=O)C1CCC(N)C1)c1cccc(Br)c1. The topological polar surface area (TPSA) is 55.1 Å². The Morgan fingerprint density at radius 2 is 2.20 bits per heavy atom. The number of hydrogen-bond donors (Lipinski definition) is 2. The van der Waals surface area contributed by atoms with Crippen LogP contribution in [0.1, 0.15) is 38.7 Å². The summed E-state index contributed by atoms with van der Waals surface area (Å²) in [4.78, 5) is 12.2. The molecule has 1 fully saturated rings. The van der Waals surface area contributed by atoms with Gasteiger partial charge in [0.15, 0.2) is 0 Å². The van der Waals surface area contributed by atoms with E-state index in [0.29, 0.717) is 6.54 Å². The van der Waals surface area contributed by atoms with Crippen LogP contribution >= 0.6 is 15.9 Å². The van der Waals surface area contributed by atoms with Crippen LogP contribution in [0.4, 0.5) is 0 Å². The Labute approximate surface area is 129 Å². The Morgan fingerprint density at radius 1 is 1.45 bits per heavy atom. The maximum absolute atomic E-state index is 12.2. The van der Waals surface area contributed by atoms with E-state index in [1.165, 1.54) is 5.56 Å². The van der Waals surface area contributed by atoms with Crippen molar-refractivity contribution in [2.45, 2.75) is 44.6 Å². The first-order chi connectivity index (χ1) is 9.38. The maximum Gasteiger partial charge on any atom is 0.223 e. The average molecular weight is 339 g/mol. The minimum absolute atomic E-state index is 0.0832. The lowest BCUT2D eigenvalue weighted by Crippen LogP contribution is -2.39. The minimum Gasteiger partial charge on any atom is -0.355 e. The first kappa shape index (κ1) is 15.5. The van der Waals surface area contributed by atoms with Crippen LogP contribution in [0.2, 0.25) is 0 Å². The van der Waals surface area contributed by atoms with Crippen molar-refractivity contribution >= 4 is 21.8 Å². The molecule has 0 heterocycles. The Morgan fingerprint density at radius 3 is 2.80 bits per heavy atom. The molecule has 3 N–H and O–H groups in total. The zero-order valence-electron chi connectivity index (χ0n) is 12.2. The summed E-state index contributed by atoms with van der Waals surface area (Å²) >= 11 is 3.49. The van der Waals surface area contributed by atoms with Crippen molar-refractivity contribution in [2.75, 3.05) is 6.54 Å². The van der Waals surface area contributed by atoms with Gasteiger partial charge in [0.25, 0.3) is 0 Å². The molecule has 2 atom stereocenters. The van der Waals surface area contributed by atoms with Gasteiger partial charge in [-0.25, -0.2) is 0 Å². The molecule has 0 saturated heterocycles. The second-order valence-corrected chi connectivity index (χ2v) is 7.30. The Hall–Kier alpha value is -0.870. The fraction of sp³-hybridized carbons (Fsp3) is 0.562. The highest BCUT2D eigenvalue weighted by Crippen LogP contribution is 2.27. The van der Waals surface area contributed by atoms with Gasteiger partial charge in [0, 0.05) is 28.4 Å². The zero-order chi connectivity index (χ0) is 14.8. The van der Waals surface area contributed by atoms with E-state index in [9.17, 15) is 4.79 Å². The zero-order valence-corrected chi connectivity index (χ0v) is 13.7. The molecule has 2 unspecified atom stereocenters. The Bertz CT molecular complexity index is 487. The van der Waals surface area contributed by atoms with Crippen molar-refractivity contribution in [3.05, 3.63) is 34.3 Å². The van der Waals surface area contributed by atoms with E-state index in [2.05, 4.69) is 47.2 Å². The van der Waals surface area contributed by atoms with Gasteiger partial charge < -0.3 is 11.1 Å². The molecule has 1 aliphatic carbocycles. The number of hydrogen-bond acceptors (Lipinski definition) is 2. The van der Waals surface area contributed by atoms with Gasteiger partial charge in [0.2, 0.25) is 5.91 Å². The monoisotopic (exact) mass is 338 g/mol. The van der Waals surface area contributed by atoms with Gasteiger partial charge in [0.05, 0.1) is 0 Å². The molecule has 0 spiro atoms. The molecule has 0 aromatic heterocycles. The summed E-state index contributed by atoms with van der Waals surface area (Å²) in [5.41, 5.74) is 7.00. The third-order valence-corrected chi connectivity index (χ3v) is 4.65. The first-order valence-electron chi connectivity index (χ1n) is 7.18. The molecular formula is C16H23BrN2O. The van der Waals surface area contributed by atoms with E-state index in [4.69, 9.17) is 5.73 Å². The highest BCUT2D eigenvalue weighted by Gasteiger charge is 2.29. The van der Waals surface area contributed by atoms with Crippen LogP contribution in [0, 0.1) is 5.92 Å². The fourth-order valence-corrected chi connectivity index (χ4v) is 3.12.